The number of nitrogens with one attached hydrogen (secondary N) is 1. The summed E-state index contributed by atoms with van der Waals surface area (Å²) in [6, 6.07) is 2.23. The topological polar surface area (TPSA) is 106 Å². The molecule has 2 bridgehead atoms. The molecule has 1 aromatic rings. The number of nitrogens with two attached hydrogens (primary N) is 1. The van der Waals surface area contributed by atoms with Crippen molar-refractivity contribution in [1.29, 1.82) is 5.26 Å². The minimum absolute atomic E-state index is 0.0992. The third-order valence-corrected chi connectivity index (χ3v) is 4.78. The van der Waals surface area contributed by atoms with Crippen LogP contribution in [0.25, 0.3) is 0 Å². The van der Waals surface area contributed by atoms with Gasteiger partial charge in [-0.25, -0.2) is 0 Å². The summed E-state index contributed by atoms with van der Waals surface area (Å²) in [6.07, 6.45) is 2.95. The molecule has 22 heavy (non-hydrogen) atoms. The van der Waals surface area contributed by atoms with Gasteiger partial charge in [-0.3, -0.25) is 5.10 Å². The van der Waals surface area contributed by atoms with Crippen molar-refractivity contribution >= 4 is 0 Å². The van der Waals surface area contributed by atoms with E-state index in [1.165, 1.54) is 0 Å². The van der Waals surface area contributed by atoms with E-state index in [4.69, 9.17) is 19.9 Å². The molecule has 0 aromatic carbocycles. The van der Waals surface area contributed by atoms with Crippen molar-refractivity contribution in [2.75, 3.05) is 6.61 Å². The lowest BCUT2D eigenvalue weighted by atomic mass is 9.68. The Morgan fingerprint density at radius 2 is 2.41 bits per heavy atom. The van der Waals surface area contributed by atoms with Crippen molar-refractivity contribution in [3.63, 3.8) is 0 Å². The summed E-state index contributed by atoms with van der Waals surface area (Å²) in [5.74, 6) is 0.541. The first-order valence-electron chi connectivity index (χ1n) is 7.63. The number of H-pyrrole nitrogens is 1. The summed E-state index contributed by atoms with van der Waals surface area (Å²) in [5, 5.41) is 17.0. The van der Waals surface area contributed by atoms with E-state index in [1.807, 2.05) is 0 Å². The van der Waals surface area contributed by atoms with Gasteiger partial charge in [-0.1, -0.05) is 13.3 Å². The fourth-order valence-electron chi connectivity index (χ4n) is 3.83. The molecule has 0 radical (unpaired) electrons. The van der Waals surface area contributed by atoms with E-state index in [-0.39, 0.29) is 12.0 Å². The van der Waals surface area contributed by atoms with Crippen LogP contribution in [0.3, 0.4) is 0 Å². The Morgan fingerprint density at radius 1 is 1.55 bits per heavy atom. The van der Waals surface area contributed by atoms with E-state index in [2.05, 4.69) is 23.2 Å². The molecule has 3 aliphatic rings. The minimum Gasteiger partial charge on any atom is -0.420 e. The van der Waals surface area contributed by atoms with Crippen molar-refractivity contribution in [3.8, 4) is 11.9 Å². The van der Waals surface area contributed by atoms with Gasteiger partial charge in [-0.2, -0.15) is 5.26 Å². The number of aryl methyl sites for hydroxylation is 1. The van der Waals surface area contributed by atoms with Crippen molar-refractivity contribution < 1.29 is 14.2 Å². The second-order valence-corrected chi connectivity index (χ2v) is 6.02. The smallest absolute Gasteiger partial charge is 0.244 e. The lowest BCUT2D eigenvalue weighted by Crippen LogP contribution is -2.48. The van der Waals surface area contributed by atoms with Crippen LogP contribution < -0.4 is 10.5 Å². The molecule has 116 valence electrons. The average molecular weight is 302 g/mol. The van der Waals surface area contributed by atoms with Gasteiger partial charge in [0.15, 0.2) is 6.29 Å². The van der Waals surface area contributed by atoms with E-state index < -0.39 is 11.7 Å². The number of nitriles is 1. The molecule has 4 rings (SSSR count). The van der Waals surface area contributed by atoms with Crippen LogP contribution in [0.5, 0.6) is 5.88 Å². The highest BCUT2D eigenvalue weighted by Crippen LogP contribution is 2.54. The molecule has 0 amide bonds. The standard InChI is InChI=1S/C15H18N4O3/c1-2-3-10-11-13(19-18-10)22-12(17)9(6-16)15(11)5-4-8-7-20-14(15)21-8/h8,14H,2-5,7,17H2,1H3,(H,18,19). The van der Waals surface area contributed by atoms with Gasteiger partial charge >= 0.3 is 0 Å². The van der Waals surface area contributed by atoms with Gasteiger partial charge in [0, 0.05) is 5.69 Å². The quantitative estimate of drug-likeness (QED) is 0.851. The maximum absolute atomic E-state index is 9.68. The number of fused-ring (bicyclic) bond motifs is 5. The molecule has 2 fully saturated rings. The number of aromatic nitrogens is 2. The van der Waals surface area contributed by atoms with Crippen LogP contribution in [-0.2, 0) is 21.3 Å². The number of rotatable bonds is 2. The number of hydrogen-bond acceptors (Lipinski definition) is 6. The largest absolute Gasteiger partial charge is 0.420 e. The molecule has 1 aromatic heterocycles. The first-order valence-corrected chi connectivity index (χ1v) is 7.63. The molecule has 7 nitrogen and oxygen atoms in total. The second-order valence-electron chi connectivity index (χ2n) is 6.02. The zero-order chi connectivity index (χ0) is 15.3. The number of hydrogen-bond donors (Lipinski definition) is 2. The Kier molecular flexibility index (Phi) is 2.93. The Bertz CT molecular complexity index is 689. The van der Waals surface area contributed by atoms with Gasteiger partial charge in [0.05, 0.1) is 23.7 Å². The first-order chi connectivity index (χ1) is 10.7. The van der Waals surface area contributed by atoms with Gasteiger partial charge in [-0.15, -0.1) is 5.10 Å². The minimum atomic E-state index is -0.711. The Labute approximate surface area is 128 Å². The van der Waals surface area contributed by atoms with Gasteiger partial charge in [0.2, 0.25) is 11.8 Å². The van der Waals surface area contributed by atoms with Crippen LogP contribution >= 0.6 is 0 Å². The molecule has 3 aliphatic heterocycles. The van der Waals surface area contributed by atoms with Crippen LogP contribution in [-0.4, -0.2) is 29.2 Å². The third-order valence-electron chi connectivity index (χ3n) is 4.78. The normalized spacial score (nSPS) is 32.7. The summed E-state index contributed by atoms with van der Waals surface area (Å²) in [4.78, 5) is 0. The highest BCUT2D eigenvalue weighted by molar-refractivity contribution is 5.55. The van der Waals surface area contributed by atoms with Crippen LogP contribution in [0.15, 0.2) is 11.5 Å². The zero-order valence-electron chi connectivity index (χ0n) is 12.4. The van der Waals surface area contributed by atoms with Gasteiger partial charge in [0.25, 0.3) is 0 Å². The Hall–Kier alpha value is -2.04. The van der Waals surface area contributed by atoms with Gasteiger partial charge < -0.3 is 19.9 Å². The molecule has 0 aliphatic carbocycles. The summed E-state index contributed by atoms with van der Waals surface area (Å²) < 4.78 is 17.4. The van der Waals surface area contributed by atoms with E-state index in [0.29, 0.717) is 18.1 Å². The average Bonchev–Trinajstić information content (AvgIpc) is 3.09. The molecule has 3 N–H and O–H groups in total. The maximum atomic E-state index is 9.68. The molecule has 7 heteroatoms. The highest BCUT2D eigenvalue weighted by atomic mass is 16.7. The molecule has 2 saturated heterocycles. The molecule has 1 spiro atoms. The van der Waals surface area contributed by atoms with Crippen LogP contribution in [0.4, 0.5) is 0 Å². The first kappa shape index (κ1) is 13.6. The molecule has 3 unspecified atom stereocenters. The SMILES string of the molecule is CCCc1[nH]nc2c1C1(CCC3COC1O3)C(C#N)=C(N)O2. The van der Waals surface area contributed by atoms with E-state index in [9.17, 15) is 5.26 Å². The lowest BCUT2D eigenvalue weighted by molar-refractivity contribution is -0.126. The van der Waals surface area contributed by atoms with Crippen molar-refractivity contribution in [1.82, 2.24) is 10.2 Å². The van der Waals surface area contributed by atoms with Crippen LogP contribution in [0.2, 0.25) is 0 Å². The van der Waals surface area contributed by atoms with Crippen LogP contribution in [0, 0.1) is 11.3 Å². The molecule has 4 heterocycles. The Morgan fingerprint density at radius 3 is 3.18 bits per heavy atom. The molecule has 0 saturated carbocycles. The predicted octanol–water partition coefficient (Wildman–Crippen LogP) is 1.22. The van der Waals surface area contributed by atoms with Crippen LogP contribution in [0.1, 0.15) is 37.4 Å². The Balaban J connectivity index is 1.94. The fourth-order valence-corrected chi connectivity index (χ4v) is 3.83. The zero-order valence-corrected chi connectivity index (χ0v) is 12.4. The number of nitrogens with zero attached hydrogens (tertiary/aromatic N) is 2. The summed E-state index contributed by atoms with van der Waals surface area (Å²) in [7, 11) is 0. The van der Waals surface area contributed by atoms with Gasteiger partial charge in [0.1, 0.15) is 11.6 Å². The maximum Gasteiger partial charge on any atom is 0.244 e. The summed E-state index contributed by atoms with van der Waals surface area (Å²) in [6.45, 7) is 2.65. The van der Waals surface area contributed by atoms with E-state index in [0.717, 1.165) is 36.9 Å². The molecular weight excluding hydrogens is 284 g/mol. The third kappa shape index (κ3) is 1.59. The second kappa shape index (κ2) is 4.73. The lowest BCUT2D eigenvalue weighted by Gasteiger charge is -2.42. The van der Waals surface area contributed by atoms with Crippen molar-refractivity contribution in [2.24, 2.45) is 5.73 Å². The molecule has 3 atom stereocenters. The summed E-state index contributed by atoms with van der Waals surface area (Å²) >= 11 is 0. The number of aromatic amines is 1. The fraction of sp³-hybridized carbons (Fsp3) is 0.600. The van der Waals surface area contributed by atoms with E-state index in [1.54, 1.807) is 0 Å². The highest BCUT2D eigenvalue weighted by Gasteiger charge is 2.58. The molecular formula is C15H18N4O3. The predicted molar refractivity (Wildman–Crippen MR) is 75.6 cm³/mol. The van der Waals surface area contributed by atoms with Crippen molar-refractivity contribution in [3.05, 3.63) is 22.7 Å². The van der Waals surface area contributed by atoms with E-state index >= 15 is 0 Å². The van der Waals surface area contributed by atoms with Gasteiger partial charge in [-0.05, 0) is 19.3 Å². The van der Waals surface area contributed by atoms with Crippen molar-refractivity contribution in [2.45, 2.75) is 50.4 Å². The number of ether oxygens (including phenoxy) is 3. The summed E-state index contributed by atoms with van der Waals surface area (Å²) in [5.41, 5.74) is 7.52. The monoisotopic (exact) mass is 302 g/mol.